The van der Waals surface area contributed by atoms with Crippen molar-refractivity contribution in [2.75, 3.05) is 32.8 Å². The highest BCUT2D eigenvalue weighted by Crippen LogP contribution is 2.37. The summed E-state index contributed by atoms with van der Waals surface area (Å²) in [6.07, 6.45) is 3.65. The number of carbonyl (C=O) groups excluding carboxylic acids is 1. The Morgan fingerprint density at radius 3 is 2.79 bits per heavy atom. The number of nitrogens with one attached hydrogen (secondary N) is 1. The van der Waals surface area contributed by atoms with E-state index in [1.165, 1.54) is 19.3 Å². The second kappa shape index (κ2) is 5.61. The Morgan fingerprint density at radius 2 is 2.21 bits per heavy atom. The van der Waals surface area contributed by atoms with Crippen LogP contribution in [0.15, 0.2) is 16.8 Å². The number of amides is 1. The zero-order valence-electron chi connectivity index (χ0n) is 11.1. The SMILES string of the molecule is O=C(NCC1(N2CCOCC2)CCC1)c1ccsc1. The molecule has 1 aromatic heterocycles. The molecule has 1 saturated heterocycles. The molecule has 0 spiro atoms. The second-order valence-corrected chi connectivity index (χ2v) is 6.15. The minimum Gasteiger partial charge on any atom is -0.379 e. The molecule has 1 N–H and O–H groups in total. The van der Waals surface area contributed by atoms with E-state index < -0.39 is 0 Å². The maximum atomic E-state index is 12.0. The van der Waals surface area contributed by atoms with E-state index in [2.05, 4.69) is 10.2 Å². The lowest BCUT2D eigenvalue weighted by Crippen LogP contribution is -2.62. The van der Waals surface area contributed by atoms with E-state index in [-0.39, 0.29) is 11.4 Å². The number of hydrogen-bond donors (Lipinski definition) is 1. The van der Waals surface area contributed by atoms with Gasteiger partial charge in [0.05, 0.1) is 13.2 Å². The predicted octanol–water partition coefficient (Wildman–Crippen LogP) is 1.73. The van der Waals surface area contributed by atoms with Crippen molar-refractivity contribution in [3.63, 3.8) is 0 Å². The second-order valence-electron chi connectivity index (χ2n) is 5.37. The number of carbonyl (C=O) groups is 1. The molecule has 1 aliphatic carbocycles. The molecule has 0 unspecified atom stereocenters. The Balaban J connectivity index is 1.59. The van der Waals surface area contributed by atoms with Gasteiger partial charge in [0.1, 0.15) is 0 Å². The Morgan fingerprint density at radius 1 is 1.42 bits per heavy atom. The van der Waals surface area contributed by atoms with E-state index in [0.717, 1.165) is 38.4 Å². The summed E-state index contributed by atoms with van der Waals surface area (Å²) in [5.41, 5.74) is 0.969. The molecule has 3 rings (SSSR count). The third kappa shape index (κ3) is 2.68. The van der Waals surface area contributed by atoms with Gasteiger partial charge in [-0.3, -0.25) is 9.69 Å². The van der Waals surface area contributed by atoms with Crippen molar-refractivity contribution in [2.24, 2.45) is 0 Å². The molecule has 0 aromatic carbocycles. The molecule has 2 aliphatic rings. The minimum atomic E-state index is 0.0563. The van der Waals surface area contributed by atoms with Crippen LogP contribution in [-0.2, 0) is 4.74 Å². The van der Waals surface area contributed by atoms with Gasteiger partial charge in [0.15, 0.2) is 0 Å². The lowest BCUT2D eigenvalue weighted by molar-refractivity contribution is -0.0540. The fourth-order valence-electron chi connectivity index (χ4n) is 2.97. The maximum Gasteiger partial charge on any atom is 0.252 e. The topological polar surface area (TPSA) is 41.6 Å². The third-order valence-electron chi connectivity index (χ3n) is 4.33. The van der Waals surface area contributed by atoms with Crippen LogP contribution in [0.4, 0.5) is 0 Å². The summed E-state index contributed by atoms with van der Waals surface area (Å²) in [6.45, 7) is 4.39. The number of morpholine rings is 1. The minimum absolute atomic E-state index is 0.0563. The molecule has 4 nitrogen and oxygen atoms in total. The molecule has 0 bridgehead atoms. The summed E-state index contributed by atoms with van der Waals surface area (Å²) >= 11 is 1.56. The lowest BCUT2D eigenvalue weighted by Gasteiger charge is -2.51. The van der Waals surface area contributed by atoms with Crippen LogP contribution in [0.1, 0.15) is 29.6 Å². The van der Waals surface area contributed by atoms with Crippen molar-refractivity contribution in [3.8, 4) is 0 Å². The average Bonchev–Trinajstić information content (AvgIpc) is 2.92. The van der Waals surface area contributed by atoms with Gasteiger partial charge < -0.3 is 10.1 Å². The molecular formula is C14H20N2O2S. The van der Waals surface area contributed by atoms with Crippen LogP contribution in [-0.4, -0.2) is 49.2 Å². The number of thiophene rings is 1. The van der Waals surface area contributed by atoms with Crippen molar-refractivity contribution in [3.05, 3.63) is 22.4 Å². The number of nitrogens with zero attached hydrogens (tertiary/aromatic N) is 1. The zero-order chi connectivity index (χ0) is 13.1. The Bertz CT molecular complexity index is 423. The summed E-state index contributed by atoms with van der Waals surface area (Å²) in [7, 11) is 0. The fraction of sp³-hybridized carbons (Fsp3) is 0.643. The predicted molar refractivity (Wildman–Crippen MR) is 75.6 cm³/mol. The van der Waals surface area contributed by atoms with Gasteiger partial charge in [-0.15, -0.1) is 0 Å². The first-order valence-corrected chi connectivity index (χ1v) is 7.88. The monoisotopic (exact) mass is 280 g/mol. The van der Waals surface area contributed by atoms with Gasteiger partial charge in [0.2, 0.25) is 0 Å². The number of hydrogen-bond acceptors (Lipinski definition) is 4. The first-order chi connectivity index (χ1) is 9.30. The molecule has 1 amide bonds. The largest absolute Gasteiger partial charge is 0.379 e. The van der Waals surface area contributed by atoms with Crippen LogP contribution in [0.25, 0.3) is 0 Å². The van der Waals surface area contributed by atoms with E-state index in [1.54, 1.807) is 11.3 Å². The van der Waals surface area contributed by atoms with Crippen LogP contribution in [0.3, 0.4) is 0 Å². The van der Waals surface area contributed by atoms with Gasteiger partial charge in [-0.2, -0.15) is 11.3 Å². The van der Waals surface area contributed by atoms with Crippen molar-refractivity contribution < 1.29 is 9.53 Å². The van der Waals surface area contributed by atoms with Gasteiger partial charge in [0, 0.05) is 36.1 Å². The Hall–Kier alpha value is -0.910. The standard InChI is InChI=1S/C14H20N2O2S/c17-13(12-2-9-19-10-12)15-11-14(3-1-4-14)16-5-7-18-8-6-16/h2,9-10H,1,3-8,11H2,(H,15,17). The summed E-state index contributed by atoms with van der Waals surface area (Å²) in [4.78, 5) is 14.5. The molecule has 19 heavy (non-hydrogen) atoms. The van der Waals surface area contributed by atoms with Crippen LogP contribution in [0.2, 0.25) is 0 Å². The first kappa shape index (κ1) is 13.1. The van der Waals surface area contributed by atoms with E-state index in [0.29, 0.717) is 0 Å². The molecule has 0 atom stereocenters. The van der Waals surface area contributed by atoms with Crippen LogP contribution in [0.5, 0.6) is 0 Å². The first-order valence-electron chi connectivity index (χ1n) is 6.93. The highest BCUT2D eigenvalue weighted by Gasteiger charge is 2.42. The molecule has 5 heteroatoms. The van der Waals surface area contributed by atoms with Crippen molar-refractivity contribution in [1.82, 2.24) is 10.2 Å². The Kier molecular flexibility index (Phi) is 3.86. The van der Waals surface area contributed by atoms with Gasteiger partial charge in [-0.25, -0.2) is 0 Å². The fourth-order valence-corrected chi connectivity index (χ4v) is 3.60. The highest BCUT2D eigenvalue weighted by atomic mass is 32.1. The highest BCUT2D eigenvalue weighted by molar-refractivity contribution is 7.08. The zero-order valence-corrected chi connectivity index (χ0v) is 11.9. The van der Waals surface area contributed by atoms with Gasteiger partial charge in [0.25, 0.3) is 5.91 Å². The van der Waals surface area contributed by atoms with Gasteiger partial charge in [-0.1, -0.05) is 0 Å². The molecule has 1 aromatic rings. The smallest absolute Gasteiger partial charge is 0.252 e. The molecule has 2 fully saturated rings. The molecule has 1 saturated carbocycles. The van der Waals surface area contributed by atoms with Crippen molar-refractivity contribution in [2.45, 2.75) is 24.8 Å². The summed E-state index contributed by atoms with van der Waals surface area (Å²) in [5, 5.41) is 6.95. The third-order valence-corrected chi connectivity index (χ3v) is 5.01. The molecule has 0 radical (unpaired) electrons. The molecule has 2 heterocycles. The number of rotatable bonds is 4. The molecular weight excluding hydrogens is 260 g/mol. The number of ether oxygens (including phenoxy) is 1. The van der Waals surface area contributed by atoms with Crippen molar-refractivity contribution >= 4 is 17.2 Å². The van der Waals surface area contributed by atoms with Crippen LogP contribution < -0.4 is 5.32 Å². The maximum absolute atomic E-state index is 12.0. The van der Waals surface area contributed by atoms with E-state index in [4.69, 9.17) is 4.74 Å². The van der Waals surface area contributed by atoms with E-state index in [1.807, 2.05) is 16.8 Å². The summed E-state index contributed by atoms with van der Waals surface area (Å²) in [5.74, 6) is 0.0563. The summed E-state index contributed by atoms with van der Waals surface area (Å²) in [6, 6.07) is 1.88. The molecule has 104 valence electrons. The van der Waals surface area contributed by atoms with Crippen LogP contribution >= 0.6 is 11.3 Å². The lowest BCUT2D eigenvalue weighted by atomic mass is 9.75. The quantitative estimate of drug-likeness (QED) is 0.913. The molecule has 1 aliphatic heterocycles. The van der Waals surface area contributed by atoms with E-state index in [9.17, 15) is 4.79 Å². The average molecular weight is 280 g/mol. The van der Waals surface area contributed by atoms with E-state index >= 15 is 0 Å². The normalized spacial score (nSPS) is 22.7. The van der Waals surface area contributed by atoms with Crippen LogP contribution in [0, 0.1) is 0 Å². The van der Waals surface area contributed by atoms with Crippen molar-refractivity contribution in [1.29, 1.82) is 0 Å². The van der Waals surface area contributed by atoms with Gasteiger partial charge >= 0.3 is 0 Å². The Labute approximate surface area is 117 Å². The summed E-state index contributed by atoms with van der Waals surface area (Å²) < 4.78 is 5.42. The van der Waals surface area contributed by atoms with Gasteiger partial charge in [-0.05, 0) is 30.7 Å².